The lowest BCUT2D eigenvalue weighted by atomic mass is 10.1. The first-order valence-electron chi connectivity index (χ1n) is 7.86. The highest BCUT2D eigenvalue weighted by Crippen LogP contribution is 2.21. The summed E-state index contributed by atoms with van der Waals surface area (Å²) >= 11 is 0. The summed E-state index contributed by atoms with van der Waals surface area (Å²) in [7, 11) is 0. The van der Waals surface area contributed by atoms with E-state index >= 15 is 0 Å². The van der Waals surface area contributed by atoms with E-state index in [1.165, 1.54) is 18.6 Å². The van der Waals surface area contributed by atoms with E-state index in [0.29, 0.717) is 5.56 Å². The third kappa shape index (κ3) is 3.42. The number of carbonyl (C=O) groups is 1. The van der Waals surface area contributed by atoms with E-state index in [4.69, 9.17) is 0 Å². The minimum absolute atomic E-state index is 0.0299. The molecule has 0 saturated carbocycles. The summed E-state index contributed by atoms with van der Waals surface area (Å²) in [6.45, 7) is 3.94. The molecule has 4 nitrogen and oxygen atoms in total. The fraction of sp³-hybridized carbons (Fsp3) is 0.263. The van der Waals surface area contributed by atoms with Gasteiger partial charge in [0.2, 0.25) is 0 Å². The Morgan fingerprint density at radius 1 is 1.13 bits per heavy atom. The lowest BCUT2D eigenvalue weighted by Gasteiger charge is -2.32. The second-order valence-electron chi connectivity index (χ2n) is 5.81. The molecule has 1 aliphatic heterocycles. The molecule has 2 aromatic rings. The molecule has 2 heterocycles. The molecule has 0 radical (unpaired) electrons. The first kappa shape index (κ1) is 15.3. The van der Waals surface area contributed by atoms with Gasteiger partial charge in [-0.2, -0.15) is 0 Å². The quantitative estimate of drug-likeness (QED) is 0.816. The number of rotatable bonds is 4. The van der Waals surface area contributed by atoms with E-state index in [0.717, 1.165) is 31.9 Å². The van der Waals surface area contributed by atoms with Crippen molar-refractivity contribution in [2.24, 2.45) is 0 Å². The van der Waals surface area contributed by atoms with Crippen LogP contribution in [0, 0.1) is 0 Å². The second-order valence-corrected chi connectivity index (χ2v) is 5.81. The minimum atomic E-state index is -0.0576. The van der Waals surface area contributed by atoms with E-state index < -0.39 is 0 Å². The molecule has 0 unspecified atom stereocenters. The van der Waals surface area contributed by atoms with Crippen LogP contribution in [0.15, 0.2) is 53.3 Å². The average molecular weight is 308 g/mol. The normalized spacial score (nSPS) is 14.0. The maximum absolute atomic E-state index is 12.6. The van der Waals surface area contributed by atoms with Crippen LogP contribution in [0.2, 0.25) is 0 Å². The third-order valence-corrected chi connectivity index (χ3v) is 4.03. The summed E-state index contributed by atoms with van der Waals surface area (Å²) in [6.07, 6.45) is 3.99. The van der Waals surface area contributed by atoms with Crippen LogP contribution in [-0.4, -0.2) is 16.9 Å². The molecule has 1 aromatic heterocycles. The third-order valence-electron chi connectivity index (χ3n) is 4.03. The van der Waals surface area contributed by atoms with Crippen molar-refractivity contribution in [1.29, 1.82) is 0 Å². The number of benzene rings is 1. The lowest BCUT2D eigenvalue weighted by Crippen LogP contribution is -2.37. The predicted octanol–water partition coefficient (Wildman–Crippen LogP) is 2.86. The van der Waals surface area contributed by atoms with E-state index in [1.807, 2.05) is 28.8 Å². The number of nitrogens with zero attached hydrogens (tertiary/aromatic N) is 2. The van der Waals surface area contributed by atoms with Gasteiger partial charge in [-0.15, -0.1) is 0 Å². The van der Waals surface area contributed by atoms with Crippen LogP contribution in [0.1, 0.15) is 24.5 Å². The highest BCUT2D eigenvalue weighted by molar-refractivity contribution is 5.91. The molecular formula is C19H20N2O2. The van der Waals surface area contributed by atoms with Gasteiger partial charge in [0.05, 0.1) is 0 Å². The number of ketones is 1. The molecule has 0 atom stereocenters. The van der Waals surface area contributed by atoms with Gasteiger partial charge >= 0.3 is 0 Å². The van der Waals surface area contributed by atoms with Crippen LogP contribution in [0.3, 0.4) is 0 Å². The second kappa shape index (κ2) is 6.65. The van der Waals surface area contributed by atoms with Gasteiger partial charge in [0, 0.05) is 25.2 Å². The first-order valence-corrected chi connectivity index (χ1v) is 7.86. The Morgan fingerprint density at radius 2 is 1.91 bits per heavy atom. The minimum Gasteiger partial charge on any atom is -0.354 e. The SMILES string of the molecule is CC(=O)/C=C/c1ccc2n(c1=O)CCCN2Cc1ccccc1. The molecular weight excluding hydrogens is 288 g/mol. The standard InChI is InChI=1S/C19H20N2O2/c1-15(22)8-9-17-10-11-18-20(12-5-13-21(18)19(17)23)14-16-6-3-2-4-7-16/h2-4,6-11H,5,12-14H2,1H3/b9-8+. The van der Waals surface area contributed by atoms with Crippen LogP contribution in [0.5, 0.6) is 0 Å². The zero-order valence-electron chi connectivity index (χ0n) is 13.2. The van der Waals surface area contributed by atoms with E-state index in [-0.39, 0.29) is 11.3 Å². The molecule has 0 amide bonds. The maximum Gasteiger partial charge on any atom is 0.259 e. The van der Waals surface area contributed by atoms with Crippen molar-refractivity contribution in [2.75, 3.05) is 11.4 Å². The Bertz CT molecular complexity index is 791. The molecule has 0 aliphatic carbocycles. The van der Waals surface area contributed by atoms with Crippen LogP contribution in [-0.2, 0) is 17.9 Å². The van der Waals surface area contributed by atoms with E-state index in [9.17, 15) is 9.59 Å². The van der Waals surface area contributed by atoms with Crippen molar-refractivity contribution in [2.45, 2.75) is 26.4 Å². The zero-order chi connectivity index (χ0) is 16.2. The summed E-state index contributed by atoms with van der Waals surface area (Å²) in [4.78, 5) is 25.9. The highest BCUT2D eigenvalue weighted by atomic mass is 16.1. The number of allylic oxidation sites excluding steroid dienone is 1. The molecule has 0 saturated heterocycles. The molecule has 0 spiro atoms. The van der Waals surface area contributed by atoms with Crippen molar-refractivity contribution in [3.8, 4) is 0 Å². The van der Waals surface area contributed by atoms with E-state index in [2.05, 4.69) is 17.0 Å². The highest BCUT2D eigenvalue weighted by Gasteiger charge is 2.18. The Morgan fingerprint density at radius 3 is 2.65 bits per heavy atom. The van der Waals surface area contributed by atoms with Gasteiger partial charge in [0.1, 0.15) is 5.82 Å². The summed E-state index contributed by atoms with van der Waals surface area (Å²) in [5.41, 5.74) is 1.76. The molecule has 0 bridgehead atoms. The van der Waals surface area contributed by atoms with Gasteiger partial charge in [0.25, 0.3) is 5.56 Å². The zero-order valence-corrected chi connectivity index (χ0v) is 13.2. The van der Waals surface area contributed by atoms with Gasteiger partial charge in [-0.25, -0.2) is 0 Å². The summed E-state index contributed by atoms with van der Waals surface area (Å²) in [6, 6.07) is 14.0. The number of aromatic nitrogens is 1. The predicted molar refractivity (Wildman–Crippen MR) is 92.5 cm³/mol. The lowest BCUT2D eigenvalue weighted by molar-refractivity contribution is -0.112. The molecule has 1 aliphatic rings. The Kier molecular flexibility index (Phi) is 4.42. The summed E-state index contributed by atoms with van der Waals surface area (Å²) in [5, 5.41) is 0. The fourth-order valence-corrected chi connectivity index (χ4v) is 2.91. The van der Waals surface area contributed by atoms with Gasteiger partial charge in [-0.3, -0.25) is 14.2 Å². The number of carbonyl (C=O) groups excluding carboxylic acids is 1. The van der Waals surface area contributed by atoms with Crippen molar-refractivity contribution in [1.82, 2.24) is 4.57 Å². The summed E-state index contributed by atoms with van der Waals surface area (Å²) in [5.74, 6) is 0.892. The van der Waals surface area contributed by atoms with Gasteiger partial charge in [0.15, 0.2) is 5.78 Å². The van der Waals surface area contributed by atoms with Crippen molar-refractivity contribution < 1.29 is 4.79 Å². The van der Waals surface area contributed by atoms with Gasteiger partial charge in [-0.1, -0.05) is 30.3 Å². The van der Waals surface area contributed by atoms with Crippen molar-refractivity contribution in [3.63, 3.8) is 0 Å². The number of fused-ring (bicyclic) bond motifs is 1. The topological polar surface area (TPSA) is 42.3 Å². The van der Waals surface area contributed by atoms with Gasteiger partial charge in [-0.05, 0) is 43.2 Å². The van der Waals surface area contributed by atoms with Gasteiger partial charge < -0.3 is 4.90 Å². The fourth-order valence-electron chi connectivity index (χ4n) is 2.91. The van der Waals surface area contributed by atoms with Crippen LogP contribution >= 0.6 is 0 Å². The maximum atomic E-state index is 12.6. The smallest absolute Gasteiger partial charge is 0.259 e. The Hall–Kier alpha value is -2.62. The monoisotopic (exact) mass is 308 g/mol. The number of hydrogen-bond donors (Lipinski definition) is 0. The largest absolute Gasteiger partial charge is 0.354 e. The number of hydrogen-bond acceptors (Lipinski definition) is 3. The first-order chi connectivity index (χ1) is 11.1. The molecule has 3 rings (SSSR count). The molecule has 118 valence electrons. The van der Waals surface area contributed by atoms with Crippen molar-refractivity contribution >= 4 is 17.7 Å². The van der Waals surface area contributed by atoms with Crippen LogP contribution in [0.25, 0.3) is 6.08 Å². The van der Waals surface area contributed by atoms with Crippen molar-refractivity contribution in [3.05, 3.63) is 70.0 Å². The Balaban J connectivity index is 1.92. The average Bonchev–Trinajstić information content (AvgIpc) is 2.56. The Labute approximate surface area is 135 Å². The number of pyridine rings is 1. The molecule has 4 heteroatoms. The van der Waals surface area contributed by atoms with Crippen LogP contribution in [0.4, 0.5) is 5.82 Å². The summed E-state index contributed by atoms with van der Waals surface area (Å²) < 4.78 is 1.81. The molecule has 1 aromatic carbocycles. The molecule has 0 fully saturated rings. The number of anilines is 1. The van der Waals surface area contributed by atoms with E-state index in [1.54, 1.807) is 12.1 Å². The molecule has 0 N–H and O–H groups in total. The molecule has 23 heavy (non-hydrogen) atoms. The van der Waals surface area contributed by atoms with Crippen LogP contribution < -0.4 is 10.5 Å².